The Morgan fingerprint density at radius 1 is 1.21 bits per heavy atom. The van der Waals surface area contributed by atoms with E-state index in [1.54, 1.807) is 0 Å². The molecule has 3 rings (SSSR count). The summed E-state index contributed by atoms with van der Waals surface area (Å²) in [6, 6.07) is 12.3. The van der Waals surface area contributed by atoms with E-state index in [4.69, 9.17) is 9.73 Å². The van der Waals surface area contributed by atoms with Gasteiger partial charge in [-0.3, -0.25) is 0 Å². The summed E-state index contributed by atoms with van der Waals surface area (Å²) in [4.78, 5) is 11.6. The number of benzene rings is 1. The largest absolute Gasteiger partial charge is 0.489 e. The zero-order valence-electron chi connectivity index (χ0n) is 17.8. The molecule has 2 aromatic rings. The number of hydrogen-bond donors (Lipinski definition) is 2. The standard InChI is InChI=1S/C23H33N5O/c1-4-24-23(26-16-19(3)29-21-10-6-5-9-18(21)2)27-17-20-11-12-25-22(15-20)28-13-7-8-14-28/h5-6,9-12,15,19H,4,7-8,13-14,16-17H2,1-3H3,(H2,24,26,27). The zero-order chi connectivity index (χ0) is 20.5. The number of para-hydroxylation sites is 1. The molecule has 1 unspecified atom stereocenters. The second-order valence-electron chi connectivity index (χ2n) is 7.49. The summed E-state index contributed by atoms with van der Waals surface area (Å²) >= 11 is 0. The minimum atomic E-state index is 0.0302. The van der Waals surface area contributed by atoms with E-state index in [-0.39, 0.29) is 6.10 Å². The van der Waals surface area contributed by atoms with Gasteiger partial charge in [0.25, 0.3) is 0 Å². The molecule has 1 aliphatic heterocycles. The number of aromatic nitrogens is 1. The maximum atomic E-state index is 6.05. The van der Waals surface area contributed by atoms with Gasteiger partial charge < -0.3 is 20.3 Å². The minimum Gasteiger partial charge on any atom is -0.489 e. The van der Waals surface area contributed by atoms with E-state index < -0.39 is 0 Å². The highest BCUT2D eigenvalue weighted by molar-refractivity contribution is 5.79. The van der Waals surface area contributed by atoms with Crippen LogP contribution in [0.2, 0.25) is 0 Å². The van der Waals surface area contributed by atoms with Gasteiger partial charge in [-0.1, -0.05) is 18.2 Å². The molecule has 0 saturated carbocycles. The Morgan fingerprint density at radius 3 is 2.76 bits per heavy atom. The number of hydrogen-bond acceptors (Lipinski definition) is 4. The van der Waals surface area contributed by atoms with E-state index in [2.05, 4.69) is 53.4 Å². The van der Waals surface area contributed by atoms with Crippen LogP contribution in [-0.2, 0) is 6.54 Å². The third kappa shape index (κ3) is 6.38. The molecule has 1 saturated heterocycles. The predicted molar refractivity (Wildman–Crippen MR) is 120 cm³/mol. The van der Waals surface area contributed by atoms with Gasteiger partial charge in [-0.25, -0.2) is 9.98 Å². The molecule has 1 aromatic carbocycles. The molecule has 1 aliphatic rings. The van der Waals surface area contributed by atoms with Gasteiger partial charge in [0, 0.05) is 25.8 Å². The maximum absolute atomic E-state index is 6.05. The van der Waals surface area contributed by atoms with Crippen molar-refractivity contribution in [3.8, 4) is 5.75 Å². The zero-order valence-corrected chi connectivity index (χ0v) is 17.8. The number of anilines is 1. The van der Waals surface area contributed by atoms with Crippen molar-refractivity contribution < 1.29 is 4.74 Å². The summed E-state index contributed by atoms with van der Waals surface area (Å²) in [6.45, 7) is 10.5. The molecule has 2 heterocycles. The van der Waals surface area contributed by atoms with Gasteiger partial charge in [-0.05, 0) is 62.9 Å². The van der Waals surface area contributed by atoms with Crippen molar-refractivity contribution in [3.05, 3.63) is 53.7 Å². The van der Waals surface area contributed by atoms with Crippen LogP contribution in [0.15, 0.2) is 47.6 Å². The first-order valence-electron chi connectivity index (χ1n) is 10.6. The van der Waals surface area contributed by atoms with Gasteiger partial charge in [0.05, 0.1) is 13.1 Å². The molecule has 0 aliphatic carbocycles. The molecule has 1 aromatic heterocycles. The van der Waals surface area contributed by atoms with Crippen LogP contribution in [0, 0.1) is 6.92 Å². The third-order valence-corrected chi connectivity index (χ3v) is 4.98. The van der Waals surface area contributed by atoms with Crippen LogP contribution < -0.4 is 20.3 Å². The second-order valence-corrected chi connectivity index (χ2v) is 7.49. The minimum absolute atomic E-state index is 0.0302. The molecule has 0 bridgehead atoms. The van der Waals surface area contributed by atoms with Crippen molar-refractivity contribution >= 4 is 11.8 Å². The highest BCUT2D eigenvalue weighted by Gasteiger charge is 2.13. The molecule has 1 atom stereocenters. The Labute approximate surface area is 174 Å². The van der Waals surface area contributed by atoms with Crippen LogP contribution in [0.3, 0.4) is 0 Å². The summed E-state index contributed by atoms with van der Waals surface area (Å²) in [5.41, 5.74) is 2.31. The summed E-state index contributed by atoms with van der Waals surface area (Å²) < 4.78 is 6.05. The number of guanidine groups is 1. The first-order valence-corrected chi connectivity index (χ1v) is 10.6. The topological polar surface area (TPSA) is 61.8 Å². The van der Waals surface area contributed by atoms with E-state index >= 15 is 0 Å². The Bertz CT molecular complexity index is 801. The fourth-order valence-electron chi connectivity index (χ4n) is 3.38. The molecule has 156 valence electrons. The van der Waals surface area contributed by atoms with Crippen molar-refractivity contribution in [1.82, 2.24) is 15.6 Å². The first kappa shape index (κ1) is 21.0. The number of rotatable bonds is 8. The van der Waals surface area contributed by atoms with Crippen LogP contribution in [0.1, 0.15) is 37.8 Å². The smallest absolute Gasteiger partial charge is 0.191 e. The summed E-state index contributed by atoms with van der Waals surface area (Å²) in [6.07, 6.45) is 4.42. The lowest BCUT2D eigenvalue weighted by Gasteiger charge is -2.19. The van der Waals surface area contributed by atoms with Gasteiger partial charge in [-0.15, -0.1) is 0 Å². The highest BCUT2D eigenvalue weighted by atomic mass is 16.5. The molecule has 0 radical (unpaired) electrons. The van der Waals surface area contributed by atoms with E-state index in [0.717, 1.165) is 42.7 Å². The Balaban J connectivity index is 1.55. The number of nitrogens with zero attached hydrogens (tertiary/aromatic N) is 3. The quantitative estimate of drug-likeness (QED) is 0.529. The molecule has 6 nitrogen and oxygen atoms in total. The lowest BCUT2D eigenvalue weighted by Crippen LogP contribution is -2.41. The molecule has 2 N–H and O–H groups in total. The molecule has 6 heteroatoms. The van der Waals surface area contributed by atoms with Crippen LogP contribution in [-0.4, -0.2) is 43.2 Å². The van der Waals surface area contributed by atoms with Crippen molar-refractivity contribution in [2.45, 2.75) is 46.3 Å². The van der Waals surface area contributed by atoms with Crippen molar-refractivity contribution in [3.63, 3.8) is 0 Å². The summed E-state index contributed by atoms with van der Waals surface area (Å²) in [7, 11) is 0. The van der Waals surface area contributed by atoms with Crippen molar-refractivity contribution in [1.29, 1.82) is 0 Å². The van der Waals surface area contributed by atoms with Crippen molar-refractivity contribution in [2.75, 3.05) is 31.1 Å². The van der Waals surface area contributed by atoms with E-state index in [1.165, 1.54) is 18.4 Å². The number of pyridine rings is 1. The molecular weight excluding hydrogens is 362 g/mol. The van der Waals surface area contributed by atoms with Gasteiger partial charge in [0.1, 0.15) is 17.7 Å². The van der Waals surface area contributed by atoms with E-state index in [9.17, 15) is 0 Å². The number of ether oxygens (including phenoxy) is 1. The summed E-state index contributed by atoms with van der Waals surface area (Å²) in [5, 5.41) is 6.70. The van der Waals surface area contributed by atoms with E-state index in [1.807, 2.05) is 30.5 Å². The maximum Gasteiger partial charge on any atom is 0.191 e. The first-order chi connectivity index (χ1) is 14.2. The van der Waals surface area contributed by atoms with Gasteiger partial charge in [-0.2, -0.15) is 0 Å². The Morgan fingerprint density at radius 2 is 2.00 bits per heavy atom. The van der Waals surface area contributed by atoms with Crippen molar-refractivity contribution in [2.24, 2.45) is 4.99 Å². The van der Waals surface area contributed by atoms with Crippen LogP contribution in [0.25, 0.3) is 0 Å². The van der Waals surface area contributed by atoms with E-state index in [0.29, 0.717) is 13.1 Å². The second kappa shape index (κ2) is 10.7. The molecule has 0 amide bonds. The lowest BCUT2D eigenvalue weighted by atomic mass is 10.2. The van der Waals surface area contributed by atoms with Gasteiger partial charge >= 0.3 is 0 Å². The molecule has 0 spiro atoms. The summed E-state index contributed by atoms with van der Waals surface area (Å²) in [5.74, 6) is 2.79. The van der Waals surface area contributed by atoms with Gasteiger partial charge in [0.15, 0.2) is 5.96 Å². The Hall–Kier alpha value is -2.76. The fourth-order valence-corrected chi connectivity index (χ4v) is 3.38. The van der Waals surface area contributed by atoms with Gasteiger partial charge in [0.2, 0.25) is 0 Å². The molecule has 29 heavy (non-hydrogen) atoms. The SMILES string of the molecule is CCNC(=NCc1ccnc(N2CCCC2)c1)NCC(C)Oc1ccccc1C. The van der Waals surface area contributed by atoms with Crippen LogP contribution in [0.5, 0.6) is 5.75 Å². The number of aryl methyl sites for hydroxylation is 1. The normalized spacial score (nSPS) is 15.3. The number of nitrogens with one attached hydrogen (secondary N) is 2. The highest BCUT2D eigenvalue weighted by Crippen LogP contribution is 2.19. The Kier molecular flexibility index (Phi) is 7.73. The molecular formula is C23H33N5O. The monoisotopic (exact) mass is 395 g/mol. The average molecular weight is 396 g/mol. The fraction of sp³-hybridized carbons (Fsp3) is 0.478. The molecule has 1 fully saturated rings. The predicted octanol–water partition coefficient (Wildman–Crippen LogP) is 3.51. The number of aliphatic imine (C=N–C) groups is 1. The lowest BCUT2D eigenvalue weighted by molar-refractivity contribution is 0.222. The van der Waals surface area contributed by atoms with Crippen LogP contribution in [0.4, 0.5) is 5.82 Å². The average Bonchev–Trinajstić information content (AvgIpc) is 3.27. The third-order valence-electron chi connectivity index (χ3n) is 4.98. The van der Waals surface area contributed by atoms with Crippen LogP contribution >= 0.6 is 0 Å².